The lowest BCUT2D eigenvalue weighted by Gasteiger charge is -2.02. The van der Waals surface area contributed by atoms with Gasteiger partial charge in [0.25, 0.3) is 0 Å². The molecule has 0 aromatic carbocycles. The van der Waals surface area contributed by atoms with E-state index < -0.39 is 5.97 Å². The first-order valence-electron chi connectivity index (χ1n) is 3.44. The summed E-state index contributed by atoms with van der Waals surface area (Å²) < 4.78 is 0. The number of hydrogen-bond acceptors (Lipinski definition) is 2. The second kappa shape index (κ2) is 3.53. The molecule has 0 amide bonds. The highest BCUT2D eigenvalue weighted by Crippen LogP contribution is 2.11. The average Bonchev–Trinajstić information content (AvgIpc) is 2.39. The van der Waals surface area contributed by atoms with E-state index in [1.165, 1.54) is 0 Å². The highest BCUT2D eigenvalue weighted by Gasteiger charge is 2.10. The topological polar surface area (TPSA) is 37.3 Å². The van der Waals surface area contributed by atoms with E-state index >= 15 is 0 Å². The summed E-state index contributed by atoms with van der Waals surface area (Å²) in [4.78, 5) is 10.4. The fourth-order valence-corrected chi connectivity index (χ4v) is 1.53. The molecule has 0 bridgehead atoms. The van der Waals surface area contributed by atoms with Crippen LogP contribution in [0.2, 0.25) is 0 Å². The van der Waals surface area contributed by atoms with Crippen LogP contribution < -0.4 is 0 Å². The van der Waals surface area contributed by atoms with Gasteiger partial charge in [0.1, 0.15) is 0 Å². The van der Waals surface area contributed by atoms with Crippen LogP contribution >= 0.6 is 11.3 Å². The molecular weight excluding hydrogens is 160 g/mol. The van der Waals surface area contributed by atoms with Gasteiger partial charge in [-0.1, -0.05) is 6.92 Å². The first-order chi connectivity index (χ1) is 5.20. The van der Waals surface area contributed by atoms with E-state index in [1.807, 2.05) is 16.8 Å². The predicted molar refractivity (Wildman–Crippen MR) is 44.8 cm³/mol. The van der Waals surface area contributed by atoms with Crippen molar-refractivity contribution in [3.63, 3.8) is 0 Å². The van der Waals surface area contributed by atoms with Crippen molar-refractivity contribution in [3.8, 4) is 0 Å². The number of rotatable bonds is 3. The van der Waals surface area contributed by atoms with Crippen LogP contribution in [0.5, 0.6) is 0 Å². The maximum Gasteiger partial charge on any atom is 0.306 e. The molecule has 3 heteroatoms. The molecule has 0 saturated carbocycles. The molecule has 1 unspecified atom stereocenters. The van der Waals surface area contributed by atoms with Crippen LogP contribution in [0.4, 0.5) is 0 Å². The number of hydrogen-bond donors (Lipinski definition) is 1. The lowest BCUT2D eigenvalue weighted by atomic mass is 10.0. The Morgan fingerprint density at radius 2 is 2.55 bits per heavy atom. The molecule has 1 aromatic heterocycles. The van der Waals surface area contributed by atoms with Gasteiger partial charge in [-0.25, -0.2) is 0 Å². The number of carboxylic acid groups (broad SMARTS) is 1. The van der Waals surface area contributed by atoms with Gasteiger partial charge in [0.2, 0.25) is 0 Å². The van der Waals surface area contributed by atoms with Crippen molar-refractivity contribution >= 4 is 17.3 Å². The zero-order valence-corrected chi connectivity index (χ0v) is 7.10. The van der Waals surface area contributed by atoms with Crippen LogP contribution in [0.25, 0.3) is 0 Å². The molecule has 1 N–H and O–H groups in total. The fourth-order valence-electron chi connectivity index (χ4n) is 0.850. The Labute approximate surface area is 69.5 Å². The first kappa shape index (κ1) is 8.27. The lowest BCUT2D eigenvalue weighted by Crippen LogP contribution is -2.11. The van der Waals surface area contributed by atoms with E-state index in [0.717, 1.165) is 5.56 Å². The molecule has 0 saturated heterocycles. The summed E-state index contributed by atoms with van der Waals surface area (Å²) in [6, 6.07) is 1.96. The molecule has 0 radical (unpaired) electrons. The molecule has 0 aliphatic heterocycles. The van der Waals surface area contributed by atoms with Crippen molar-refractivity contribution < 1.29 is 9.90 Å². The summed E-state index contributed by atoms with van der Waals surface area (Å²) in [5.74, 6) is -0.999. The normalized spacial score (nSPS) is 12.8. The van der Waals surface area contributed by atoms with Gasteiger partial charge in [-0.2, -0.15) is 11.3 Å². The summed E-state index contributed by atoms with van der Waals surface area (Å²) in [6.45, 7) is 1.72. The Morgan fingerprint density at radius 3 is 3.00 bits per heavy atom. The maximum atomic E-state index is 10.4. The van der Waals surface area contributed by atoms with Crippen LogP contribution in [-0.2, 0) is 11.2 Å². The molecule has 60 valence electrons. The minimum atomic E-state index is -0.726. The highest BCUT2D eigenvalue weighted by atomic mass is 32.1. The van der Waals surface area contributed by atoms with E-state index in [0.29, 0.717) is 6.42 Å². The number of carbonyl (C=O) groups is 1. The van der Waals surface area contributed by atoms with Crippen molar-refractivity contribution in [2.24, 2.45) is 5.92 Å². The molecule has 0 fully saturated rings. The Hall–Kier alpha value is -0.830. The van der Waals surface area contributed by atoms with Gasteiger partial charge >= 0.3 is 5.97 Å². The Bertz CT molecular complexity index is 228. The molecule has 0 aliphatic carbocycles. The van der Waals surface area contributed by atoms with E-state index in [1.54, 1.807) is 18.3 Å². The van der Waals surface area contributed by atoms with Gasteiger partial charge in [-0.3, -0.25) is 4.79 Å². The third-order valence-electron chi connectivity index (χ3n) is 1.54. The fraction of sp³-hybridized carbons (Fsp3) is 0.375. The quantitative estimate of drug-likeness (QED) is 0.753. The van der Waals surface area contributed by atoms with E-state index in [4.69, 9.17) is 5.11 Å². The van der Waals surface area contributed by atoms with Crippen LogP contribution in [0.15, 0.2) is 16.8 Å². The Balaban J connectivity index is 2.50. The molecular formula is C8H10O2S. The van der Waals surface area contributed by atoms with Gasteiger partial charge in [0.15, 0.2) is 0 Å². The Kier molecular flexibility index (Phi) is 2.65. The molecule has 11 heavy (non-hydrogen) atoms. The van der Waals surface area contributed by atoms with Crippen LogP contribution in [-0.4, -0.2) is 11.1 Å². The van der Waals surface area contributed by atoms with E-state index in [2.05, 4.69) is 0 Å². The zero-order chi connectivity index (χ0) is 8.27. The number of aliphatic carboxylic acids is 1. The van der Waals surface area contributed by atoms with Crippen LogP contribution in [0, 0.1) is 5.92 Å². The maximum absolute atomic E-state index is 10.4. The standard InChI is InChI=1S/C8H10O2S/c1-6(8(9)10)4-7-2-3-11-5-7/h2-3,5-6H,4H2,1H3,(H,9,10). The second-order valence-corrected chi connectivity index (χ2v) is 3.36. The van der Waals surface area contributed by atoms with Crippen LogP contribution in [0.3, 0.4) is 0 Å². The summed E-state index contributed by atoms with van der Waals surface area (Å²) in [5, 5.41) is 12.5. The average molecular weight is 170 g/mol. The van der Waals surface area contributed by atoms with Crippen molar-refractivity contribution in [1.82, 2.24) is 0 Å². The second-order valence-electron chi connectivity index (χ2n) is 2.58. The Morgan fingerprint density at radius 1 is 1.82 bits per heavy atom. The van der Waals surface area contributed by atoms with Crippen molar-refractivity contribution in [1.29, 1.82) is 0 Å². The van der Waals surface area contributed by atoms with Gasteiger partial charge in [-0.05, 0) is 28.8 Å². The summed E-state index contributed by atoms with van der Waals surface area (Å²) >= 11 is 1.60. The highest BCUT2D eigenvalue weighted by molar-refractivity contribution is 7.07. The van der Waals surface area contributed by atoms with Crippen molar-refractivity contribution in [2.75, 3.05) is 0 Å². The van der Waals surface area contributed by atoms with Crippen molar-refractivity contribution in [2.45, 2.75) is 13.3 Å². The number of thiophene rings is 1. The molecule has 2 nitrogen and oxygen atoms in total. The van der Waals surface area contributed by atoms with Gasteiger partial charge in [-0.15, -0.1) is 0 Å². The molecule has 1 atom stereocenters. The predicted octanol–water partition coefficient (Wildman–Crippen LogP) is 2.01. The molecule has 0 aliphatic rings. The summed E-state index contributed by atoms with van der Waals surface area (Å²) in [6.07, 6.45) is 0.638. The third-order valence-corrected chi connectivity index (χ3v) is 2.28. The lowest BCUT2D eigenvalue weighted by molar-refractivity contribution is -0.141. The van der Waals surface area contributed by atoms with Gasteiger partial charge in [0.05, 0.1) is 5.92 Å². The van der Waals surface area contributed by atoms with Crippen molar-refractivity contribution in [3.05, 3.63) is 22.4 Å². The molecule has 1 rings (SSSR count). The SMILES string of the molecule is CC(Cc1ccsc1)C(=O)O. The monoisotopic (exact) mass is 170 g/mol. The van der Waals surface area contributed by atoms with Gasteiger partial charge < -0.3 is 5.11 Å². The molecule has 1 aromatic rings. The summed E-state index contributed by atoms with van der Waals surface area (Å²) in [7, 11) is 0. The summed E-state index contributed by atoms with van der Waals surface area (Å²) in [5.41, 5.74) is 1.12. The minimum Gasteiger partial charge on any atom is -0.481 e. The van der Waals surface area contributed by atoms with Gasteiger partial charge in [0, 0.05) is 0 Å². The molecule has 0 spiro atoms. The minimum absolute atomic E-state index is 0.274. The molecule has 1 heterocycles. The smallest absolute Gasteiger partial charge is 0.306 e. The number of carboxylic acids is 1. The third kappa shape index (κ3) is 2.35. The zero-order valence-electron chi connectivity index (χ0n) is 6.28. The van der Waals surface area contributed by atoms with E-state index in [-0.39, 0.29) is 5.92 Å². The first-order valence-corrected chi connectivity index (χ1v) is 4.38. The largest absolute Gasteiger partial charge is 0.481 e. The van der Waals surface area contributed by atoms with E-state index in [9.17, 15) is 4.79 Å². The van der Waals surface area contributed by atoms with Crippen LogP contribution in [0.1, 0.15) is 12.5 Å².